The third kappa shape index (κ3) is 4.78. The van der Waals surface area contributed by atoms with Crippen molar-refractivity contribution in [3.8, 4) is 23.0 Å². The fraction of sp³-hybridized carbons (Fsp3) is 0.227. The zero-order chi connectivity index (χ0) is 22.7. The number of hydrogen-bond donors (Lipinski definition) is 1. The van der Waals surface area contributed by atoms with E-state index in [0.29, 0.717) is 46.8 Å². The first kappa shape index (κ1) is 21.5. The molecule has 0 saturated carbocycles. The quantitative estimate of drug-likeness (QED) is 0.398. The second-order valence-corrected chi connectivity index (χ2v) is 7.23. The Kier molecular flexibility index (Phi) is 6.18. The molecule has 0 aliphatic carbocycles. The number of rotatable bonds is 6. The van der Waals surface area contributed by atoms with Crippen molar-refractivity contribution in [3.05, 3.63) is 46.5 Å². The summed E-state index contributed by atoms with van der Waals surface area (Å²) in [4.78, 5) is 36.1. The Morgan fingerprint density at radius 3 is 2.56 bits per heavy atom. The standard InChI is InChI=1S/C22H18ClNO8/c1-12(25)14-8-17-18(32-11-31-17)9-16(14)24-20(26)10-30-21(27)3-2-13-6-15(23)22-19(7-13)28-4-5-29-22/h2-3,6-9H,4-5,10-11H2,1H3,(H,24,26). The number of ketones is 1. The maximum Gasteiger partial charge on any atom is 0.331 e. The van der Waals surface area contributed by atoms with Crippen molar-refractivity contribution in [1.82, 2.24) is 0 Å². The summed E-state index contributed by atoms with van der Waals surface area (Å²) in [5.74, 6) is 0.159. The molecule has 0 radical (unpaired) electrons. The van der Waals surface area contributed by atoms with Crippen LogP contribution in [-0.2, 0) is 14.3 Å². The van der Waals surface area contributed by atoms with Gasteiger partial charge < -0.3 is 29.0 Å². The third-order valence-electron chi connectivity index (χ3n) is 4.54. The fourth-order valence-corrected chi connectivity index (χ4v) is 3.37. The Morgan fingerprint density at radius 1 is 1.03 bits per heavy atom. The van der Waals surface area contributed by atoms with Crippen LogP contribution in [0.15, 0.2) is 30.3 Å². The molecule has 9 nitrogen and oxygen atoms in total. The monoisotopic (exact) mass is 459 g/mol. The van der Waals surface area contributed by atoms with Gasteiger partial charge in [0, 0.05) is 17.7 Å². The largest absolute Gasteiger partial charge is 0.486 e. The van der Waals surface area contributed by atoms with Crippen LogP contribution in [0.1, 0.15) is 22.8 Å². The van der Waals surface area contributed by atoms with Crippen molar-refractivity contribution < 1.29 is 38.1 Å². The lowest BCUT2D eigenvalue weighted by atomic mass is 10.1. The number of benzene rings is 2. The normalized spacial score (nSPS) is 13.7. The number of fused-ring (bicyclic) bond motifs is 2. The molecule has 0 aromatic heterocycles. The molecule has 2 aliphatic rings. The average Bonchev–Trinajstić information content (AvgIpc) is 3.23. The number of esters is 1. The maximum absolute atomic E-state index is 12.2. The number of nitrogens with one attached hydrogen (secondary N) is 1. The summed E-state index contributed by atoms with van der Waals surface area (Å²) in [6.07, 6.45) is 2.65. The molecule has 0 fully saturated rings. The van der Waals surface area contributed by atoms with Crippen LogP contribution in [0.25, 0.3) is 6.08 Å². The van der Waals surface area contributed by atoms with Gasteiger partial charge in [-0.2, -0.15) is 0 Å². The Balaban J connectivity index is 1.35. The summed E-state index contributed by atoms with van der Waals surface area (Å²) >= 11 is 6.16. The zero-order valence-corrected chi connectivity index (χ0v) is 17.7. The molecule has 1 amide bonds. The molecule has 0 spiro atoms. The Hall–Kier alpha value is -3.72. The van der Waals surface area contributed by atoms with Gasteiger partial charge in [0.05, 0.1) is 10.7 Å². The molecule has 2 aliphatic heterocycles. The van der Waals surface area contributed by atoms with Gasteiger partial charge >= 0.3 is 5.97 Å². The number of ether oxygens (including phenoxy) is 5. The lowest BCUT2D eigenvalue weighted by Gasteiger charge is -2.19. The molecule has 2 aromatic carbocycles. The molecule has 166 valence electrons. The van der Waals surface area contributed by atoms with Gasteiger partial charge in [0.25, 0.3) is 5.91 Å². The van der Waals surface area contributed by atoms with Gasteiger partial charge in [-0.1, -0.05) is 11.6 Å². The van der Waals surface area contributed by atoms with E-state index < -0.39 is 18.5 Å². The smallest absolute Gasteiger partial charge is 0.331 e. The highest BCUT2D eigenvalue weighted by atomic mass is 35.5. The van der Waals surface area contributed by atoms with Crippen LogP contribution in [0.3, 0.4) is 0 Å². The van der Waals surface area contributed by atoms with E-state index in [0.717, 1.165) is 6.08 Å². The molecule has 0 atom stereocenters. The molecule has 32 heavy (non-hydrogen) atoms. The molecule has 4 rings (SSSR count). The highest BCUT2D eigenvalue weighted by molar-refractivity contribution is 6.32. The highest BCUT2D eigenvalue weighted by Gasteiger charge is 2.21. The molecule has 1 N–H and O–H groups in total. The molecule has 0 bridgehead atoms. The van der Waals surface area contributed by atoms with Gasteiger partial charge in [-0.05, 0) is 36.8 Å². The van der Waals surface area contributed by atoms with Crippen LogP contribution < -0.4 is 24.3 Å². The maximum atomic E-state index is 12.2. The second kappa shape index (κ2) is 9.19. The number of Topliss-reactive ketones (excluding diaryl/α,β-unsaturated/α-hetero) is 1. The Labute approximate surface area is 187 Å². The number of halogens is 1. The van der Waals surface area contributed by atoms with Gasteiger partial charge in [-0.15, -0.1) is 0 Å². The predicted molar refractivity (Wildman–Crippen MR) is 114 cm³/mol. The van der Waals surface area contributed by atoms with Crippen LogP contribution in [0.4, 0.5) is 5.69 Å². The Morgan fingerprint density at radius 2 is 1.78 bits per heavy atom. The zero-order valence-electron chi connectivity index (χ0n) is 16.9. The van der Waals surface area contributed by atoms with Crippen molar-refractivity contribution in [3.63, 3.8) is 0 Å². The number of amides is 1. The summed E-state index contributed by atoms with van der Waals surface area (Å²) in [7, 11) is 0. The van der Waals surface area contributed by atoms with E-state index in [4.69, 9.17) is 35.3 Å². The van der Waals surface area contributed by atoms with E-state index in [1.165, 1.54) is 25.1 Å². The summed E-state index contributed by atoms with van der Waals surface area (Å²) in [6, 6.07) is 6.28. The SMILES string of the molecule is CC(=O)c1cc2c(cc1NC(=O)COC(=O)C=Cc1cc(Cl)c3c(c1)OCCO3)OCO2. The lowest BCUT2D eigenvalue weighted by Crippen LogP contribution is -2.21. The van der Waals surface area contributed by atoms with E-state index in [1.807, 2.05) is 0 Å². The first-order valence-corrected chi connectivity index (χ1v) is 9.97. The minimum atomic E-state index is -0.733. The minimum Gasteiger partial charge on any atom is -0.486 e. The molecule has 2 heterocycles. The van der Waals surface area contributed by atoms with Crippen molar-refractivity contribution in [2.45, 2.75) is 6.92 Å². The van der Waals surface area contributed by atoms with Crippen LogP contribution >= 0.6 is 11.6 Å². The molecule has 10 heteroatoms. The summed E-state index contributed by atoms with van der Waals surface area (Å²) < 4.78 is 26.4. The molecular weight excluding hydrogens is 442 g/mol. The van der Waals surface area contributed by atoms with E-state index in [1.54, 1.807) is 12.1 Å². The van der Waals surface area contributed by atoms with Crippen LogP contribution in [0.2, 0.25) is 5.02 Å². The highest BCUT2D eigenvalue weighted by Crippen LogP contribution is 2.39. The first-order chi connectivity index (χ1) is 15.4. The Bertz CT molecular complexity index is 1130. The second-order valence-electron chi connectivity index (χ2n) is 6.82. The first-order valence-electron chi connectivity index (χ1n) is 9.59. The number of carbonyl (C=O) groups excluding carboxylic acids is 3. The van der Waals surface area contributed by atoms with Crippen LogP contribution in [0.5, 0.6) is 23.0 Å². The molecule has 0 unspecified atom stereocenters. The summed E-state index contributed by atoms with van der Waals surface area (Å²) in [6.45, 7) is 1.67. The van der Waals surface area contributed by atoms with Crippen molar-refractivity contribution in [2.75, 3.05) is 31.9 Å². The number of hydrogen-bond acceptors (Lipinski definition) is 8. The lowest BCUT2D eigenvalue weighted by molar-refractivity contribution is -0.142. The van der Waals surface area contributed by atoms with E-state index in [9.17, 15) is 14.4 Å². The summed E-state index contributed by atoms with van der Waals surface area (Å²) in [5.41, 5.74) is 1.10. The van der Waals surface area contributed by atoms with Crippen molar-refractivity contribution in [2.24, 2.45) is 0 Å². The molecule has 2 aromatic rings. The fourth-order valence-electron chi connectivity index (χ4n) is 3.10. The van der Waals surface area contributed by atoms with Gasteiger partial charge in [-0.3, -0.25) is 9.59 Å². The van der Waals surface area contributed by atoms with Gasteiger partial charge in [0.2, 0.25) is 6.79 Å². The molecule has 0 saturated heterocycles. The average molecular weight is 460 g/mol. The minimum absolute atomic E-state index is 0.0304. The summed E-state index contributed by atoms with van der Waals surface area (Å²) in [5, 5.41) is 2.91. The van der Waals surface area contributed by atoms with Crippen molar-refractivity contribution in [1.29, 1.82) is 0 Å². The van der Waals surface area contributed by atoms with E-state index in [2.05, 4.69) is 5.32 Å². The van der Waals surface area contributed by atoms with Crippen LogP contribution in [-0.4, -0.2) is 44.3 Å². The molecular formula is C22H18ClNO8. The van der Waals surface area contributed by atoms with Crippen molar-refractivity contribution >= 4 is 41.0 Å². The predicted octanol–water partition coefficient (Wildman–Crippen LogP) is 3.24. The van der Waals surface area contributed by atoms with Crippen LogP contribution in [0, 0.1) is 0 Å². The van der Waals surface area contributed by atoms with E-state index >= 15 is 0 Å². The number of anilines is 1. The number of carbonyl (C=O) groups is 3. The van der Waals surface area contributed by atoms with E-state index in [-0.39, 0.29) is 23.8 Å². The third-order valence-corrected chi connectivity index (χ3v) is 4.82. The van der Waals surface area contributed by atoms with Gasteiger partial charge in [0.1, 0.15) is 13.2 Å². The van der Waals surface area contributed by atoms with Gasteiger partial charge in [0.15, 0.2) is 35.4 Å². The topological polar surface area (TPSA) is 109 Å². The van der Waals surface area contributed by atoms with Gasteiger partial charge in [-0.25, -0.2) is 4.79 Å².